The van der Waals surface area contributed by atoms with Gasteiger partial charge in [-0.25, -0.2) is 4.79 Å². The standard InChI is InChI=1S/C30H34N6O7S/c31-20(15-44)27(39)34-23(9-10-26(37)38)28(40)35-24(11-16-13-32-21-7-3-1-5-18(16)21)29(41)36-25(30(42)43)12-17-14-33-22-8-4-2-6-19(17)22/h1-8,13-14,20,23-25,32-33,44H,9-12,15,31H2,(H,34,39)(H,35,40)(H,36,41)(H,37,38)(H,42,43). The maximum absolute atomic E-state index is 13.7. The van der Waals surface area contributed by atoms with E-state index in [0.29, 0.717) is 11.1 Å². The lowest BCUT2D eigenvalue weighted by molar-refractivity contribution is -0.142. The number of aliphatic carboxylic acids is 2. The van der Waals surface area contributed by atoms with E-state index in [4.69, 9.17) is 5.73 Å². The van der Waals surface area contributed by atoms with Crippen molar-refractivity contribution in [3.05, 3.63) is 72.1 Å². The first-order valence-electron chi connectivity index (χ1n) is 13.9. The van der Waals surface area contributed by atoms with Crippen LogP contribution in [0.25, 0.3) is 21.8 Å². The molecule has 232 valence electrons. The van der Waals surface area contributed by atoms with Gasteiger partial charge in [-0.3, -0.25) is 19.2 Å². The molecule has 0 aliphatic rings. The molecule has 0 aliphatic heterocycles. The summed E-state index contributed by atoms with van der Waals surface area (Å²) in [6.45, 7) is 0. The van der Waals surface area contributed by atoms with Gasteiger partial charge in [0.25, 0.3) is 0 Å². The van der Waals surface area contributed by atoms with Crippen LogP contribution in [0.15, 0.2) is 60.9 Å². The Morgan fingerprint density at radius 2 is 1.20 bits per heavy atom. The van der Waals surface area contributed by atoms with Crippen LogP contribution in [0.5, 0.6) is 0 Å². The second kappa shape index (κ2) is 14.6. The van der Waals surface area contributed by atoms with Crippen LogP contribution >= 0.6 is 12.6 Å². The number of nitrogens with two attached hydrogens (primary N) is 1. The number of hydrogen-bond acceptors (Lipinski definition) is 7. The molecule has 2 heterocycles. The van der Waals surface area contributed by atoms with Crippen LogP contribution in [0, 0.1) is 0 Å². The number of carbonyl (C=O) groups is 5. The summed E-state index contributed by atoms with van der Waals surface area (Å²) >= 11 is 3.99. The van der Waals surface area contributed by atoms with Gasteiger partial charge in [-0.15, -0.1) is 0 Å². The molecule has 0 fully saturated rings. The third kappa shape index (κ3) is 7.96. The van der Waals surface area contributed by atoms with Gasteiger partial charge in [0.15, 0.2) is 0 Å². The van der Waals surface area contributed by atoms with Crippen molar-refractivity contribution < 1.29 is 34.2 Å². The van der Waals surface area contributed by atoms with E-state index in [1.807, 2.05) is 48.5 Å². The fraction of sp³-hybridized carbons (Fsp3) is 0.300. The first-order chi connectivity index (χ1) is 21.1. The number of carboxylic acids is 2. The van der Waals surface area contributed by atoms with Crippen LogP contribution in [0.3, 0.4) is 0 Å². The lowest BCUT2D eigenvalue weighted by Crippen LogP contribution is -2.58. The molecule has 4 aromatic rings. The Bertz CT molecular complexity index is 1670. The number of rotatable bonds is 15. The van der Waals surface area contributed by atoms with Crippen LogP contribution < -0.4 is 21.7 Å². The van der Waals surface area contributed by atoms with Gasteiger partial charge in [0.05, 0.1) is 6.04 Å². The summed E-state index contributed by atoms with van der Waals surface area (Å²) < 4.78 is 0. The highest BCUT2D eigenvalue weighted by Gasteiger charge is 2.31. The maximum Gasteiger partial charge on any atom is 0.326 e. The summed E-state index contributed by atoms with van der Waals surface area (Å²) in [4.78, 5) is 69.3. The second-order valence-electron chi connectivity index (χ2n) is 10.4. The summed E-state index contributed by atoms with van der Waals surface area (Å²) in [6.07, 6.45) is 2.59. The van der Waals surface area contributed by atoms with E-state index in [1.165, 1.54) is 0 Å². The van der Waals surface area contributed by atoms with Crippen LogP contribution in [0.2, 0.25) is 0 Å². The molecular weight excluding hydrogens is 588 g/mol. The largest absolute Gasteiger partial charge is 0.481 e. The number of aromatic amines is 2. The number of hydrogen-bond donors (Lipinski definition) is 9. The molecule has 14 heteroatoms. The van der Waals surface area contributed by atoms with Crippen molar-refractivity contribution in [3.63, 3.8) is 0 Å². The van der Waals surface area contributed by atoms with E-state index in [9.17, 15) is 34.2 Å². The number of benzene rings is 2. The highest BCUT2D eigenvalue weighted by molar-refractivity contribution is 7.80. The first kappa shape index (κ1) is 32.1. The predicted molar refractivity (Wildman–Crippen MR) is 166 cm³/mol. The van der Waals surface area contributed by atoms with E-state index < -0.39 is 60.2 Å². The number of nitrogens with one attached hydrogen (secondary N) is 5. The van der Waals surface area contributed by atoms with Gasteiger partial charge in [0.1, 0.15) is 18.1 Å². The third-order valence-electron chi connectivity index (χ3n) is 7.26. The van der Waals surface area contributed by atoms with Crippen LogP contribution in [-0.4, -0.2) is 79.8 Å². The molecule has 0 radical (unpaired) electrons. The lowest BCUT2D eigenvalue weighted by atomic mass is 10.0. The molecule has 2 aromatic carbocycles. The predicted octanol–water partition coefficient (Wildman–Crippen LogP) is 1.10. The number of H-pyrrole nitrogens is 2. The second-order valence-corrected chi connectivity index (χ2v) is 10.7. The number of fused-ring (bicyclic) bond motifs is 2. The highest BCUT2D eigenvalue weighted by Crippen LogP contribution is 2.21. The highest BCUT2D eigenvalue weighted by atomic mass is 32.1. The van der Waals surface area contributed by atoms with Crippen LogP contribution in [-0.2, 0) is 36.8 Å². The third-order valence-corrected chi connectivity index (χ3v) is 7.65. The fourth-order valence-electron chi connectivity index (χ4n) is 4.89. The number of thiol groups is 1. The zero-order valence-electron chi connectivity index (χ0n) is 23.6. The van der Waals surface area contributed by atoms with Crippen molar-refractivity contribution in [1.29, 1.82) is 0 Å². The summed E-state index contributed by atoms with van der Waals surface area (Å²) in [5.74, 6) is -4.79. The fourth-order valence-corrected chi connectivity index (χ4v) is 5.06. The summed E-state index contributed by atoms with van der Waals surface area (Å²) in [5, 5.41) is 28.4. The van der Waals surface area contributed by atoms with Gasteiger partial charge in [-0.1, -0.05) is 36.4 Å². The summed E-state index contributed by atoms with van der Waals surface area (Å²) in [5.41, 5.74) is 8.69. The molecule has 4 unspecified atom stereocenters. The smallest absolute Gasteiger partial charge is 0.326 e. The Morgan fingerprint density at radius 3 is 1.73 bits per heavy atom. The number of aromatic nitrogens is 2. The molecule has 0 spiro atoms. The maximum atomic E-state index is 13.7. The van der Waals surface area contributed by atoms with Crippen molar-refractivity contribution >= 4 is 64.1 Å². The number of amides is 3. The zero-order chi connectivity index (χ0) is 31.8. The summed E-state index contributed by atoms with van der Waals surface area (Å²) in [6, 6.07) is 9.69. The Balaban J connectivity index is 1.59. The first-order valence-corrected chi connectivity index (χ1v) is 14.5. The van der Waals surface area contributed by atoms with Gasteiger partial charge < -0.3 is 41.9 Å². The van der Waals surface area contributed by atoms with Gasteiger partial charge in [-0.2, -0.15) is 12.6 Å². The molecular formula is C30H34N6O7S. The Kier molecular flexibility index (Phi) is 10.6. The molecule has 44 heavy (non-hydrogen) atoms. The average molecular weight is 623 g/mol. The summed E-state index contributed by atoms with van der Waals surface area (Å²) in [7, 11) is 0. The number of carboxylic acid groups (broad SMARTS) is 2. The molecule has 4 rings (SSSR count). The molecule has 0 aliphatic carbocycles. The topological polar surface area (TPSA) is 219 Å². The molecule has 3 amide bonds. The van der Waals surface area contributed by atoms with Crippen molar-refractivity contribution in [2.24, 2.45) is 5.73 Å². The molecule has 2 aromatic heterocycles. The Morgan fingerprint density at radius 1 is 0.727 bits per heavy atom. The average Bonchev–Trinajstić information content (AvgIpc) is 3.61. The Hall–Kier alpha value is -4.82. The van der Waals surface area contributed by atoms with Crippen LogP contribution in [0.1, 0.15) is 24.0 Å². The number of carbonyl (C=O) groups excluding carboxylic acids is 3. The lowest BCUT2D eigenvalue weighted by Gasteiger charge is -2.25. The van der Waals surface area contributed by atoms with Gasteiger partial charge in [-0.05, 0) is 29.7 Å². The van der Waals surface area contributed by atoms with Crippen molar-refractivity contribution in [2.45, 2.75) is 49.9 Å². The van der Waals surface area contributed by atoms with E-state index in [2.05, 4.69) is 38.5 Å². The molecule has 9 N–H and O–H groups in total. The minimum atomic E-state index is -1.33. The molecule has 4 atom stereocenters. The van der Waals surface area contributed by atoms with Crippen molar-refractivity contribution in [2.75, 3.05) is 5.75 Å². The molecule has 13 nitrogen and oxygen atoms in total. The zero-order valence-corrected chi connectivity index (χ0v) is 24.5. The molecule has 0 saturated carbocycles. The van der Waals surface area contributed by atoms with Gasteiger partial charge >= 0.3 is 11.9 Å². The minimum Gasteiger partial charge on any atom is -0.481 e. The molecule has 0 bridgehead atoms. The van der Waals surface area contributed by atoms with E-state index >= 15 is 0 Å². The van der Waals surface area contributed by atoms with E-state index in [0.717, 1.165) is 21.8 Å². The van der Waals surface area contributed by atoms with Crippen LogP contribution in [0.4, 0.5) is 0 Å². The monoisotopic (exact) mass is 622 g/mol. The van der Waals surface area contributed by atoms with E-state index in [-0.39, 0.29) is 25.0 Å². The Labute approximate surface area is 257 Å². The van der Waals surface area contributed by atoms with Gasteiger partial charge in [0, 0.05) is 59.2 Å². The van der Waals surface area contributed by atoms with Crippen molar-refractivity contribution in [3.8, 4) is 0 Å². The molecule has 0 saturated heterocycles. The normalized spacial score (nSPS) is 14.0. The minimum absolute atomic E-state index is 0.0162. The van der Waals surface area contributed by atoms with E-state index in [1.54, 1.807) is 12.4 Å². The van der Waals surface area contributed by atoms with Crippen molar-refractivity contribution in [1.82, 2.24) is 25.9 Å². The number of para-hydroxylation sites is 2. The quantitative estimate of drug-likeness (QED) is 0.0872. The SMILES string of the molecule is NC(CS)C(=O)NC(CCC(=O)O)C(=O)NC(Cc1c[nH]c2ccccc12)C(=O)NC(Cc1c[nH]c2ccccc12)C(=O)O. The van der Waals surface area contributed by atoms with Gasteiger partial charge in [0.2, 0.25) is 17.7 Å².